The lowest BCUT2D eigenvalue weighted by Crippen LogP contribution is -2.28. The number of rotatable bonds is 4. The van der Waals surface area contributed by atoms with Gasteiger partial charge in [-0.1, -0.05) is 12.1 Å². The fourth-order valence-corrected chi connectivity index (χ4v) is 2.27. The summed E-state index contributed by atoms with van der Waals surface area (Å²) < 4.78 is 5.23. The Morgan fingerprint density at radius 2 is 1.89 bits per heavy atom. The molecule has 1 amide bonds. The molecule has 0 saturated carbocycles. The number of benzene rings is 1. The number of carbonyl (C=O) groups is 2. The minimum atomic E-state index is -0.364. The van der Waals surface area contributed by atoms with Crippen LogP contribution in [0.15, 0.2) is 24.3 Å². The summed E-state index contributed by atoms with van der Waals surface area (Å²) in [6.07, 6.45) is 2.30. The average Bonchev–Trinajstić information content (AvgIpc) is 2.93. The van der Waals surface area contributed by atoms with Gasteiger partial charge < -0.3 is 9.64 Å². The van der Waals surface area contributed by atoms with Crippen LogP contribution in [-0.2, 0) is 4.79 Å². The summed E-state index contributed by atoms with van der Waals surface area (Å²) in [5.74, 6) is 0.343. The van der Waals surface area contributed by atoms with E-state index in [0.717, 1.165) is 25.9 Å². The molecule has 0 N–H and O–H groups in total. The first-order valence-corrected chi connectivity index (χ1v) is 7.05. The Morgan fingerprint density at radius 3 is 2.58 bits per heavy atom. The summed E-state index contributed by atoms with van der Waals surface area (Å²) >= 11 is 3.99. The number of nitrogens with zero attached hydrogens (tertiary/aromatic N) is 1. The van der Waals surface area contributed by atoms with E-state index in [4.69, 9.17) is 4.74 Å². The van der Waals surface area contributed by atoms with Gasteiger partial charge in [0.15, 0.2) is 0 Å². The SMILES string of the molecule is O=C(CCS)Oc1ccccc1C(=O)N1CCCC1. The van der Waals surface area contributed by atoms with Crippen molar-refractivity contribution in [3.05, 3.63) is 29.8 Å². The molecule has 19 heavy (non-hydrogen) atoms. The molecule has 1 aliphatic heterocycles. The maximum Gasteiger partial charge on any atom is 0.312 e. The maximum absolute atomic E-state index is 12.3. The van der Waals surface area contributed by atoms with Crippen molar-refractivity contribution in [2.75, 3.05) is 18.8 Å². The standard InChI is InChI=1S/C14H17NO3S/c16-13(7-10-19)18-12-6-2-1-5-11(12)14(17)15-8-3-4-9-15/h1-2,5-6,19H,3-4,7-10H2. The van der Waals surface area contributed by atoms with Crippen LogP contribution in [0.25, 0.3) is 0 Å². The predicted octanol–water partition coefficient (Wildman–Crippen LogP) is 2.15. The Labute approximate surface area is 118 Å². The number of amides is 1. The largest absolute Gasteiger partial charge is 0.426 e. The summed E-state index contributed by atoms with van der Waals surface area (Å²) in [4.78, 5) is 25.6. The Bertz CT molecular complexity index is 470. The second-order valence-corrected chi connectivity index (χ2v) is 4.89. The summed E-state index contributed by atoms with van der Waals surface area (Å²) in [5, 5.41) is 0. The van der Waals surface area contributed by atoms with Crippen molar-refractivity contribution in [2.45, 2.75) is 19.3 Å². The lowest BCUT2D eigenvalue weighted by Gasteiger charge is -2.17. The van der Waals surface area contributed by atoms with Crippen LogP contribution in [0, 0.1) is 0 Å². The normalized spacial score (nSPS) is 14.5. The van der Waals surface area contributed by atoms with Crippen LogP contribution < -0.4 is 4.74 Å². The van der Waals surface area contributed by atoms with Crippen molar-refractivity contribution in [3.8, 4) is 5.75 Å². The quantitative estimate of drug-likeness (QED) is 0.522. The summed E-state index contributed by atoms with van der Waals surface area (Å²) in [6.45, 7) is 1.55. The molecule has 1 aromatic carbocycles. The molecule has 0 atom stereocenters. The van der Waals surface area contributed by atoms with Crippen molar-refractivity contribution in [2.24, 2.45) is 0 Å². The van der Waals surface area contributed by atoms with Gasteiger partial charge in [-0.15, -0.1) is 0 Å². The van der Waals surface area contributed by atoms with E-state index < -0.39 is 0 Å². The molecule has 102 valence electrons. The van der Waals surface area contributed by atoms with Gasteiger partial charge in [-0.2, -0.15) is 12.6 Å². The van der Waals surface area contributed by atoms with E-state index in [-0.39, 0.29) is 18.3 Å². The lowest BCUT2D eigenvalue weighted by molar-refractivity contribution is -0.133. The number of hydrogen-bond donors (Lipinski definition) is 1. The van der Waals surface area contributed by atoms with Crippen molar-refractivity contribution >= 4 is 24.5 Å². The number of ether oxygens (including phenoxy) is 1. The van der Waals surface area contributed by atoms with E-state index in [1.54, 1.807) is 29.2 Å². The van der Waals surface area contributed by atoms with Crippen molar-refractivity contribution < 1.29 is 14.3 Å². The van der Waals surface area contributed by atoms with Gasteiger partial charge in [-0.3, -0.25) is 9.59 Å². The van der Waals surface area contributed by atoms with Crippen LogP contribution in [0.2, 0.25) is 0 Å². The fraction of sp³-hybridized carbons (Fsp3) is 0.429. The molecular weight excluding hydrogens is 262 g/mol. The van der Waals surface area contributed by atoms with E-state index in [0.29, 0.717) is 17.1 Å². The van der Waals surface area contributed by atoms with Crippen LogP contribution in [-0.4, -0.2) is 35.6 Å². The molecule has 0 unspecified atom stereocenters. The Kier molecular flexibility index (Phi) is 4.85. The van der Waals surface area contributed by atoms with Gasteiger partial charge >= 0.3 is 5.97 Å². The van der Waals surface area contributed by atoms with Gasteiger partial charge in [-0.25, -0.2) is 0 Å². The second kappa shape index (κ2) is 6.61. The molecular formula is C14H17NO3S. The highest BCUT2D eigenvalue weighted by atomic mass is 32.1. The summed E-state index contributed by atoms with van der Waals surface area (Å²) in [7, 11) is 0. The Morgan fingerprint density at radius 1 is 1.21 bits per heavy atom. The molecule has 1 heterocycles. The number of hydrogen-bond acceptors (Lipinski definition) is 4. The first-order chi connectivity index (χ1) is 9.22. The predicted molar refractivity (Wildman–Crippen MR) is 75.7 cm³/mol. The zero-order valence-corrected chi connectivity index (χ0v) is 11.6. The van der Waals surface area contributed by atoms with Gasteiger partial charge in [0.05, 0.1) is 12.0 Å². The number of para-hydroxylation sites is 1. The number of likely N-dealkylation sites (tertiary alicyclic amines) is 1. The van der Waals surface area contributed by atoms with Crippen LogP contribution in [0.1, 0.15) is 29.6 Å². The minimum Gasteiger partial charge on any atom is -0.426 e. The third-order valence-electron chi connectivity index (χ3n) is 3.05. The molecule has 2 rings (SSSR count). The molecule has 1 saturated heterocycles. The zero-order chi connectivity index (χ0) is 13.7. The van der Waals surface area contributed by atoms with Gasteiger partial charge in [0.1, 0.15) is 5.75 Å². The van der Waals surface area contributed by atoms with E-state index in [2.05, 4.69) is 12.6 Å². The van der Waals surface area contributed by atoms with Gasteiger partial charge in [-0.05, 0) is 25.0 Å². The van der Waals surface area contributed by atoms with E-state index in [1.807, 2.05) is 0 Å². The van der Waals surface area contributed by atoms with E-state index in [1.165, 1.54) is 0 Å². The van der Waals surface area contributed by atoms with E-state index in [9.17, 15) is 9.59 Å². The summed E-state index contributed by atoms with van der Waals surface area (Å²) in [5.41, 5.74) is 0.455. The smallest absolute Gasteiger partial charge is 0.312 e. The maximum atomic E-state index is 12.3. The molecule has 0 bridgehead atoms. The van der Waals surface area contributed by atoms with Crippen LogP contribution in [0.5, 0.6) is 5.75 Å². The van der Waals surface area contributed by atoms with Gasteiger partial charge in [0.2, 0.25) is 0 Å². The van der Waals surface area contributed by atoms with E-state index >= 15 is 0 Å². The van der Waals surface area contributed by atoms with Crippen LogP contribution >= 0.6 is 12.6 Å². The first-order valence-electron chi connectivity index (χ1n) is 6.42. The minimum absolute atomic E-state index is 0.0632. The molecule has 0 aliphatic carbocycles. The zero-order valence-electron chi connectivity index (χ0n) is 10.7. The van der Waals surface area contributed by atoms with Crippen LogP contribution in [0.3, 0.4) is 0 Å². The molecule has 0 spiro atoms. The average molecular weight is 279 g/mol. The molecule has 1 fully saturated rings. The molecule has 1 aromatic rings. The highest BCUT2D eigenvalue weighted by Gasteiger charge is 2.22. The molecule has 0 radical (unpaired) electrons. The second-order valence-electron chi connectivity index (χ2n) is 4.44. The highest BCUT2D eigenvalue weighted by molar-refractivity contribution is 7.80. The monoisotopic (exact) mass is 279 g/mol. The Balaban J connectivity index is 2.15. The Hall–Kier alpha value is -1.49. The fourth-order valence-electron chi connectivity index (χ4n) is 2.09. The third kappa shape index (κ3) is 3.50. The molecule has 5 heteroatoms. The lowest BCUT2D eigenvalue weighted by atomic mass is 10.1. The number of carbonyl (C=O) groups excluding carboxylic acids is 2. The third-order valence-corrected chi connectivity index (χ3v) is 3.27. The summed E-state index contributed by atoms with van der Waals surface area (Å²) in [6, 6.07) is 6.88. The van der Waals surface area contributed by atoms with Gasteiger partial charge in [0.25, 0.3) is 5.91 Å². The number of esters is 1. The molecule has 0 aromatic heterocycles. The van der Waals surface area contributed by atoms with Crippen LogP contribution in [0.4, 0.5) is 0 Å². The molecule has 1 aliphatic rings. The van der Waals surface area contributed by atoms with Crippen molar-refractivity contribution in [1.82, 2.24) is 4.90 Å². The number of thiol groups is 1. The first kappa shape index (κ1) is 13.9. The van der Waals surface area contributed by atoms with Gasteiger partial charge in [0, 0.05) is 18.8 Å². The topological polar surface area (TPSA) is 46.6 Å². The highest BCUT2D eigenvalue weighted by Crippen LogP contribution is 2.22. The van der Waals surface area contributed by atoms with Crippen molar-refractivity contribution in [1.29, 1.82) is 0 Å². The molecule has 4 nitrogen and oxygen atoms in total. The van der Waals surface area contributed by atoms with Crippen molar-refractivity contribution in [3.63, 3.8) is 0 Å².